The molecule has 8 heteroatoms. The average Bonchev–Trinajstić information content (AvgIpc) is 2.78. The maximum Gasteiger partial charge on any atom is 0.275 e. The number of nitrogens with two attached hydrogens (primary N) is 1. The Morgan fingerprint density at radius 1 is 1.42 bits per heavy atom. The summed E-state index contributed by atoms with van der Waals surface area (Å²) < 4.78 is 23.2. The van der Waals surface area contributed by atoms with Crippen molar-refractivity contribution < 1.29 is 13.2 Å². The van der Waals surface area contributed by atoms with Gasteiger partial charge in [-0.25, -0.2) is 13.6 Å². The predicted octanol–water partition coefficient (Wildman–Crippen LogP) is 0.492. The van der Waals surface area contributed by atoms with Crippen molar-refractivity contribution in [3.8, 4) is 0 Å². The molecule has 7 nitrogen and oxygen atoms in total. The predicted molar refractivity (Wildman–Crippen MR) is 71.2 cm³/mol. The SMILES string of the molecule is CCCCN(C)C(=O)c1n[nH]c(CC)c1S(N)(=O)=O. The van der Waals surface area contributed by atoms with Gasteiger partial charge in [0.2, 0.25) is 10.0 Å². The Bertz CT molecular complexity index is 550. The van der Waals surface area contributed by atoms with Crippen molar-refractivity contribution in [3.05, 3.63) is 11.4 Å². The van der Waals surface area contributed by atoms with Crippen LogP contribution in [-0.2, 0) is 16.4 Å². The monoisotopic (exact) mass is 288 g/mol. The van der Waals surface area contributed by atoms with Gasteiger partial charge in [-0.15, -0.1) is 0 Å². The van der Waals surface area contributed by atoms with Gasteiger partial charge in [0, 0.05) is 13.6 Å². The van der Waals surface area contributed by atoms with Crippen molar-refractivity contribution in [2.75, 3.05) is 13.6 Å². The third-order valence-electron chi connectivity index (χ3n) is 2.83. The highest BCUT2D eigenvalue weighted by Crippen LogP contribution is 2.18. The number of aromatic nitrogens is 2. The zero-order chi connectivity index (χ0) is 14.6. The van der Waals surface area contributed by atoms with Crippen molar-refractivity contribution in [3.63, 3.8) is 0 Å². The van der Waals surface area contributed by atoms with Gasteiger partial charge in [-0.2, -0.15) is 5.10 Å². The van der Waals surface area contributed by atoms with Crippen LogP contribution < -0.4 is 5.14 Å². The molecular weight excluding hydrogens is 268 g/mol. The maximum atomic E-state index is 12.2. The van der Waals surface area contributed by atoms with Crippen LogP contribution in [0.25, 0.3) is 0 Å². The number of primary sulfonamides is 1. The number of H-pyrrole nitrogens is 1. The molecule has 1 heterocycles. The first kappa shape index (κ1) is 15.6. The van der Waals surface area contributed by atoms with Crippen LogP contribution in [0.1, 0.15) is 42.9 Å². The lowest BCUT2D eigenvalue weighted by Crippen LogP contribution is -2.30. The van der Waals surface area contributed by atoms with E-state index in [1.54, 1.807) is 14.0 Å². The van der Waals surface area contributed by atoms with Crippen LogP contribution in [0.4, 0.5) is 0 Å². The molecule has 0 aliphatic carbocycles. The third-order valence-corrected chi connectivity index (χ3v) is 3.84. The molecule has 1 aromatic heterocycles. The third kappa shape index (κ3) is 3.54. The molecule has 1 aromatic rings. The number of aromatic amines is 1. The molecule has 0 saturated heterocycles. The van der Waals surface area contributed by atoms with Crippen LogP contribution in [0.15, 0.2) is 4.90 Å². The van der Waals surface area contributed by atoms with Crippen molar-refractivity contribution in [2.24, 2.45) is 5.14 Å². The Morgan fingerprint density at radius 2 is 2.05 bits per heavy atom. The lowest BCUT2D eigenvalue weighted by Gasteiger charge is -2.15. The number of aryl methyl sites for hydroxylation is 1. The summed E-state index contributed by atoms with van der Waals surface area (Å²) in [6.07, 6.45) is 2.20. The molecule has 0 saturated carbocycles. The Balaban J connectivity index is 3.14. The molecule has 108 valence electrons. The highest BCUT2D eigenvalue weighted by Gasteiger charge is 2.28. The lowest BCUT2D eigenvalue weighted by atomic mass is 10.2. The van der Waals surface area contributed by atoms with Gasteiger partial charge in [-0.05, 0) is 12.8 Å². The molecule has 0 spiro atoms. The minimum absolute atomic E-state index is 0.127. The minimum atomic E-state index is -3.97. The van der Waals surface area contributed by atoms with E-state index in [-0.39, 0.29) is 10.6 Å². The molecule has 0 aliphatic heterocycles. The average molecular weight is 288 g/mol. The molecule has 0 fully saturated rings. The lowest BCUT2D eigenvalue weighted by molar-refractivity contribution is 0.0783. The van der Waals surface area contributed by atoms with Gasteiger partial charge < -0.3 is 4.90 Å². The first-order valence-corrected chi connectivity index (χ1v) is 7.73. The maximum absolute atomic E-state index is 12.2. The summed E-state index contributed by atoms with van der Waals surface area (Å²) >= 11 is 0. The van der Waals surface area contributed by atoms with Crippen molar-refractivity contribution in [1.29, 1.82) is 0 Å². The second-order valence-corrected chi connectivity index (χ2v) is 5.86. The Morgan fingerprint density at radius 3 is 2.53 bits per heavy atom. The number of nitrogens with zero attached hydrogens (tertiary/aromatic N) is 2. The van der Waals surface area contributed by atoms with E-state index >= 15 is 0 Å². The first-order chi connectivity index (χ1) is 8.82. The standard InChI is InChI=1S/C11H20N4O3S/c1-4-6-7-15(3)11(16)9-10(19(12,17)18)8(5-2)13-14-9/h4-7H2,1-3H3,(H,13,14)(H2,12,17,18). The van der Waals surface area contributed by atoms with Gasteiger partial charge in [-0.3, -0.25) is 9.89 Å². The first-order valence-electron chi connectivity index (χ1n) is 6.18. The van der Waals surface area contributed by atoms with E-state index in [0.717, 1.165) is 12.8 Å². The van der Waals surface area contributed by atoms with Crippen molar-refractivity contribution >= 4 is 15.9 Å². The fraction of sp³-hybridized carbons (Fsp3) is 0.636. The van der Waals surface area contributed by atoms with Gasteiger partial charge in [-0.1, -0.05) is 20.3 Å². The Labute approximate surface area is 113 Å². The van der Waals surface area contributed by atoms with E-state index in [1.807, 2.05) is 6.92 Å². The second-order valence-electron chi connectivity index (χ2n) is 4.36. The topological polar surface area (TPSA) is 109 Å². The Hall–Kier alpha value is -1.41. The zero-order valence-corrected chi connectivity index (χ0v) is 12.2. The van der Waals surface area contributed by atoms with Gasteiger partial charge in [0.05, 0.1) is 5.69 Å². The zero-order valence-electron chi connectivity index (χ0n) is 11.4. The van der Waals surface area contributed by atoms with Gasteiger partial charge in [0.1, 0.15) is 4.90 Å². The molecule has 0 aliphatic rings. The van der Waals surface area contributed by atoms with E-state index in [9.17, 15) is 13.2 Å². The number of rotatable bonds is 6. The number of unbranched alkanes of at least 4 members (excludes halogenated alkanes) is 1. The summed E-state index contributed by atoms with van der Waals surface area (Å²) in [7, 11) is -2.36. The fourth-order valence-electron chi connectivity index (χ4n) is 1.74. The van der Waals surface area contributed by atoms with Crippen LogP contribution in [-0.4, -0.2) is 43.0 Å². The summed E-state index contributed by atoms with van der Waals surface area (Å²) in [5.74, 6) is -0.437. The largest absolute Gasteiger partial charge is 0.340 e. The number of hydrogen-bond acceptors (Lipinski definition) is 4. The smallest absolute Gasteiger partial charge is 0.275 e. The number of hydrogen-bond donors (Lipinski definition) is 2. The molecule has 1 rings (SSSR count). The molecule has 0 atom stereocenters. The molecule has 3 N–H and O–H groups in total. The normalized spacial score (nSPS) is 11.6. The number of sulfonamides is 1. The highest BCUT2D eigenvalue weighted by molar-refractivity contribution is 7.89. The van der Waals surface area contributed by atoms with Crippen LogP contribution in [0.5, 0.6) is 0 Å². The van der Waals surface area contributed by atoms with Gasteiger partial charge >= 0.3 is 0 Å². The molecular formula is C11H20N4O3S. The number of amides is 1. The Kier molecular flexibility index (Phi) is 5.07. The summed E-state index contributed by atoms with van der Waals surface area (Å²) in [4.78, 5) is 13.4. The molecule has 0 unspecified atom stereocenters. The fourth-order valence-corrected chi connectivity index (χ4v) is 2.67. The number of carbonyl (C=O) groups excluding carboxylic acids is 1. The molecule has 19 heavy (non-hydrogen) atoms. The van der Waals surface area contributed by atoms with Gasteiger partial charge in [0.25, 0.3) is 5.91 Å². The molecule has 0 aromatic carbocycles. The summed E-state index contributed by atoms with van der Waals surface area (Å²) in [5, 5.41) is 11.5. The number of carbonyl (C=O) groups is 1. The minimum Gasteiger partial charge on any atom is -0.340 e. The number of nitrogens with one attached hydrogen (secondary N) is 1. The second kappa shape index (κ2) is 6.16. The summed E-state index contributed by atoms with van der Waals surface area (Å²) in [6, 6.07) is 0. The van der Waals surface area contributed by atoms with Crippen molar-refractivity contribution in [1.82, 2.24) is 15.1 Å². The van der Waals surface area contributed by atoms with Crippen LogP contribution in [0.2, 0.25) is 0 Å². The van der Waals surface area contributed by atoms with Crippen LogP contribution in [0, 0.1) is 0 Å². The van der Waals surface area contributed by atoms with E-state index in [0.29, 0.717) is 18.7 Å². The summed E-state index contributed by atoms with van der Waals surface area (Å²) in [6.45, 7) is 4.32. The summed E-state index contributed by atoms with van der Waals surface area (Å²) in [5.41, 5.74) is 0.229. The van der Waals surface area contributed by atoms with E-state index in [1.165, 1.54) is 4.90 Å². The highest BCUT2D eigenvalue weighted by atomic mass is 32.2. The molecule has 1 amide bonds. The molecule has 0 bridgehead atoms. The van der Waals surface area contributed by atoms with Crippen LogP contribution >= 0.6 is 0 Å². The van der Waals surface area contributed by atoms with Gasteiger partial charge in [0.15, 0.2) is 5.69 Å². The molecule has 0 radical (unpaired) electrons. The van der Waals surface area contributed by atoms with E-state index in [4.69, 9.17) is 5.14 Å². The van der Waals surface area contributed by atoms with Crippen LogP contribution in [0.3, 0.4) is 0 Å². The van der Waals surface area contributed by atoms with Crippen molar-refractivity contribution in [2.45, 2.75) is 38.0 Å². The quantitative estimate of drug-likeness (QED) is 0.793. The van der Waals surface area contributed by atoms with E-state index in [2.05, 4.69) is 10.2 Å². The van der Waals surface area contributed by atoms with E-state index < -0.39 is 15.9 Å².